The third-order valence-electron chi connectivity index (χ3n) is 4.29. The van der Waals surface area contributed by atoms with Crippen molar-refractivity contribution in [3.8, 4) is 5.75 Å². The summed E-state index contributed by atoms with van der Waals surface area (Å²) in [4.78, 5) is 2.42. The lowest BCUT2D eigenvalue weighted by Crippen LogP contribution is -2.37. The molecule has 5 heteroatoms. The Morgan fingerprint density at radius 3 is 2.91 bits per heavy atom. The summed E-state index contributed by atoms with van der Waals surface area (Å²) in [6, 6.07) is 8.19. The number of ether oxygens (including phenoxy) is 1. The van der Waals surface area contributed by atoms with E-state index in [4.69, 9.17) is 9.37 Å². The molecule has 22 heavy (non-hydrogen) atoms. The van der Waals surface area contributed by atoms with Crippen LogP contribution in [0.1, 0.15) is 29.8 Å². The lowest BCUT2D eigenvalue weighted by Gasteiger charge is -2.32. The van der Waals surface area contributed by atoms with Gasteiger partial charge in [-0.05, 0) is 44.9 Å². The van der Waals surface area contributed by atoms with Gasteiger partial charge in [0.25, 0.3) is 0 Å². The summed E-state index contributed by atoms with van der Waals surface area (Å²) in [5, 5.41) is 7.83. The highest BCUT2D eigenvalue weighted by Gasteiger charge is 2.22. The van der Waals surface area contributed by atoms with Crippen molar-refractivity contribution in [1.82, 2.24) is 15.2 Å². The third kappa shape index (κ3) is 3.65. The summed E-state index contributed by atoms with van der Waals surface area (Å²) in [6.45, 7) is 7.76. The van der Waals surface area contributed by atoms with Gasteiger partial charge in [0.05, 0.1) is 6.61 Å². The molecular formula is C17H23N3O2. The fourth-order valence-corrected chi connectivity index (χ4v) is 2.96. The molecule has 1 aromatic carbocycles. The Kier molecular flexibility index (Phi) is 4.73. The SMILES string of the molecule is Cc1ccccc1OC[C@H]1CCCN(Cc2nonc2C)C1. The predicted octanol–water partition coefficient (Wildman–Crippen LogP) is 2.98. The Morgan fingerprint density at radius 1 is 1.27 bits per heavy atom. The molecule has 1 aromatic heterocycles. The summed E-state index contributed by atoms with van der Waals surface area (Å²) in [6.07, 6.45) is 2.42. The first kappa shape index (κ1) is 15.0. The monoisotopic (exact) mass is 301 g/mol. The normalized spacial score (nSPS) is 19.3. The maximum atomic E-state index is 6.01. The van der Waals surface area contributed by atoms with Crippen molar-refractivity contribution in [3.05, 3.63) is 41.2 Å². The van der Waals surface area contributed by atoms with Gasteiger partial charge < -0.3 is 4.74 Å². The predicted molar refractivity (Wildman–Crippen MR) is 83.7 cm³/mol. The van der Waals surface area contributed by atoms with E-state index in [9.17, 15) is 0 Å². The average Bonchev–Trinajstić information content (AvgIpc) is 2.92. The molecule has 2 heterocycles. The quantitative estimate of drug-likeness (QED) is 0.850. The van der Waals surface area contributed by atoms with Crippen LogP contribution in [0.15, 0.2) is 28.9 Å². The number of aromatic nitrogens is 2. The molecule has 1 aliphatic heterocycles. The summed E-state index contributed by atoms with van der Waals surface area (Å²) in [7, 11) is 0. The molecule has 0 unspecified atom stereocenters. The van der Waals surface area contributed by atoms with Crippen molar-refractivity contribution in [3.63, 3.8) is 0 Å². The van der Waals surface area contributed by atoms with E-state index in [2.05, 4.69) is 28.2 Å². The van der Waals surface area contributed by atoms with Gasteiger partial charge >= 0.3 is 0 Å². The minimum atomic E-state index is 0.563. The van der Waals surface area contributed by atoms with E-state index in [0.717, 1.165) is 43.4 Å². The molecule has 3 rings (SSSR count). The first-order valence-corrected chi connectivity index (χ1v) is 7.91. The van der Waals surface area contributed by atoms with Gasteiger partial charge in [0.2, 0.25) is 0 Å². The molecule has 5 nitrogen and oxygen atoms in total. The summed E-state index contributed by atoms with van der Waals surface area (Å²) >= 11 is 0. The standard InChI is InChI=1S/C17H23N3O2/c1-13-6-3-4-8-17(13)21-12-15-7-5-9-20(10-15)11-16-14(2)18-22-19-16/h3-4,6,8,15H,5,7,9-12H2,1-2H3/t15-/m0/s1. The zero-order valence-corrected chi connectivity index (χ0v) is 13.3. The van der Waals surface area contributed by atoms with Gasteiger partial charge in [-0.1, -0.05) is 28.5 Å². The highest BCUT2D eigenvalue weighted by atomic mass is 16.6. The molecule has 118 valence electrons. The van der Waals surface area contributed by atoms with Crippen LogP contribution in [0.3, 0.4) is 0 Å². The van der Waals surface area contributed by atoms with Gasteiger partial charge in [-0.3, -0.25) is 4.90 Å². The minimum absolute atomic E-state index is 0.563. The molecule has 1 saturated heterocycles. The van der Waals surface area contributed by atoms with Gasteiger partial charge in [0, 0.05) is 19.0 Å². The fourth-order valence-electron chi connectivity index (χ4n) is 2.96. The smallest absolute Gasteiger partial charge is 0.122 e. The number of hydrogen-bond donors (Lipinski definition) is 0. The molecule has 0 spiro atoms. The second kappa shape index (κ2) is 6.92. The molecule has 0 bridgehead atoms. The van der Waals surface area contributed by atoms with Crippen LogP contribution in [-0.4, -0.2) is 34.9 Å². The Labute approximate surface area is 131 Å². The third-order valence-corrected chi connectivity index (χ3v) is 4.29. The van der Waals surface area contributed by atoms with Crippen LogP contribution in [0.25, 0.3) is 0 Å². The summed E-state index contributed by atoms with van der Waals surface area (Å²) in [5.74, 6) is 1.56. The summed E-state index contributed by atoms with van der Waals surface area (Å²) in [5.41, 5.74) is 3.03. The minimum Gasteiger partial charge on any atom is -0.493 e. The molecule has 0 radical (unpaired) electrons. The topological polar surface area (TPSA) is 51.4 Å². The van der Waals surface area contributed by atoms with Crippen LogP contribution in [0.5, 0.6) is 5.75 Å². The van der Waals surface area contributed by atoms with E-state index < -0.39 is 0 Å². The van der Waals surface area contributed by atoms with Crippen molar-refractivity contribution >= 4 is 0 Å². The highest BCUT2D eigenvalue weighted by Crippen LogP contribution is 2.22. The van der Waals surface area contributed by atoms with Gasteiger partial charge in [-0.25, -0.2) is 4.63 Å². The molecule has 1 aliphatic rings. The van der Waals surface area contributed by atoms with E-state index in [-0.39, 0.29) is 0 Å². The van der Waals surface area contributed by atoms with Crippen LogP contribution in [-0.2, 0) is 6.54 Å². The van der Waals surface area contributed by atoms with Gasteiger partial charge in [0.1, 0.15) is 17.1 Å². The van der Waals surface area contributed by atoms with Crippen LogP contribution >= 0.6 is 0 Å². The molecule has 2 aromatic rings. The van der Waals surface area contributed by atoms with Crippen LogP contribution in [0.4, 0.5) is 0 Å². The second-order valence-corrected chi connectivity index (χ2v) is 6.12. The van der Waals surface area contributed by atoms with Gasteiger partial charge in [-0.2, -0.15) is 0 Å². The maximum absolute atomic E-state index is 6.01. The zero-order valence-electron chi connectivity index (χ0n) is 13.3. The van der Waals surface area contributed by atoms with E-state index in [1.54, 1.807) is 0 Å². The Balaban J connectivity index is 1.52. The van der Waals surface area contributed by atoms with Crippen LogP contribution < -0.4 is 4.74 Å². The Bertz CT molecular complexity index is 611. The lowest BCUT2D eigenvalue weighted by atomic mass is 9.98. The highest BCUT2D eigenvalue weighted by molar-refractivity contribution is 5.31. The Hall–Kier alpha value is -1.88. The van der Waals surface area contributed by atoms with Crippen molar-refractivity contribution in [2.24, 2.45) is 5.92 Å². The van der Waals surface area contributed by atoms with E-state index in [1.807, 2.05) is 25.1 Å². The maximum Gasteiger partial charge on any atom is 0.122 e. The number of piperidine rings is 1. The number of para-hydroxylation sites is 1. The number of nitrogens with zero attached hydrogens (tertiary/aromatic N) is 3. The fraction of sp³-hybridized carbons (Fsp3) is 0.529. The number of likely N-dealkylation sites (tertiary alicyclic amines) is 1. The first-order valence-electron chi connectivity index (χ1n) is 7.91. The molecule has 1 atom stereocenters. The van der Waals surface area contributed by atoms with Crippen molar-refractivity contribution in [1.29, 1.82) is 0 Å². The van der Waals surface area contributed by atoms with Crippen molar-refractivity contribution in [2.45, 2.75) is 33.2 Å². The van der Waals surface area contributed by atoms with Crippen LogP contribution in [0.2, 0.25) is 0 Å². The molecule has 0 saturated carbocycles. The number of aryl methyl sites for hydroxylation is 2. The summed E-state index contributed by atoms with van der Waals surface area (Å²) < 4.78 is 10.8. The zero-order chi connectivity index (χ0) is 15.4. The molecule has 0 N–H and O–H groups in total. The largest absolute Gasteiger partial charge is 0.493 e. The van der Waals surface area contributed by atoms with E-state index >= 15 is 0 Å². The average molecular weight is 301 g/mol. The number of hydrogen-bond acceptors (Lipinski definition) is 5. The second-order valence-electron chi connectivity index (χ2n) is 6.12. The molecule has 1 fully saturated rings. The molecular weight excluding hydrogens is 278 g/mol. The van der Waals surface area contributed by atoms with Crippen molar-refractivity contribution in [2.75, 3.05) is 19.7 Å². The molecule has 0 aliphatic carbocycles. The number of benzene rings is 1. The number of rotatable bonds is 5. The van der Waals surface area contributed by atoms with E-state index in [1.165, 1.54) is 18.4 Å². The Morgan fingerprint density at radius 2 is 2.14 bits per heavy atom. The molecule has 0 amide bonds. The van der Waals surface area contributed by atoms with Crippen LogP contribution in [0, 0.1) is 19.8 Å². The van der Waals surface area contributed by atoms with E-state index in [0.29, 0.717) is 5.92 Å². The lowest BCUT2D eigenvalue weighted by molar-refractivity contribution is 0.122. The first-order chi connectivity index (χ1) is 10.7. The van der Waals surface area contributed by atoms with Gasteiger partial charge in [0.15, 0.2) is 0 Å². The van der Waals surface area contributed by atoms with Gasteiger partial charge in [-0.15, -0.1) is 0 Å². The van der Waals surface area contributed by atoms with Crippen molar-refractivity contribution < 1.29 is 9.37 Å².